The molecule has 20 heavy (non-hydrogen) atoms. The minimum absolute atomic E-state index is 0.370. The number of likely N-dealkylation sites (N-methyl/N-ethyl adjacent to an activating group) is 1. The summed E-state index contributed by atoms with van der Waals surface area (Å²) in [6.07, 6.45) is 5.38. The van der Waals surface area contributed by atoms with Gasteiger partial charge in [-0.2, -0.15) is 0 Å². The van der Waals surface area contributed by atoms with E-state index in [0.717, 1.165) is 34.4 Å². The Morgan fingerprint density at radius 1 is 1.30 bits per heavy atom. The highest BCUT2D eigenvalue weighted by atomic mass is 79.9. The minimum Gasteiger partial charge on any atom is -0.314 e. The molecule has 106 valence electrons. The van der Waals surface area contributed by atoms with Gasteiger partial charge in [-0.1, -0.05) is 46.6 Å². The zero-order chi connectivity index (χ0) is 14.4. The van der Waals surface area contributed by atoms with Crippen LogP contribution in [0.25, 0.3) is 0 Å². The van der Waals surface area contributed by atoms with Crippen LogP contribution in [0.4, 0.5) is 0 Å². The Bertz CT molecular complexity index is 560. The van der Waals surface area contributed by atoms with Crippen LogP contribution in [0.2, 0.25) is 5.02 Å². The molecule has 2 nitrogen and oxygen atoms in total. The van der Waals surface area contributed by atoms with Crippen molar-refractivity contribution in [1.82, 2.24) is 10.3 Å². The second-order valence-corrected chi connectivity index (χ2v) is 6.08. The Balaban J connectivity index is 2.09. The molecule has 0 aliphatic carbocycles. The molecule has 0 spiro atoms. The van der Waals surface area contributed by atoms with Gasteiger partial charge in [0, 0.05) is 22.9 Å². The van der Waals surface area contributed by atoms with E-state index >= 15 is 0 Å². The van der Waals surface area contributed by atoms with Crippen molar-refractivity contribution in [2.24, 2.45) is 0 Å². The Kier molecular flexibility index (Phi) is 6.02. The first-order valence-corrected chi connectivity index (χ1v) is 7.92. The van der Waals surface area contributed by atoms with Crippen molar-refractivity contribution in [1.29, 1.82) is 0 Å². The molecule has 1 N–H and O–H groups in total. The maximum absolute atomic E-state index is 6.20. The molecule has 1 heterocycles. The lowest BCUT2D eigenvalue weighted by Gasteiger charge is -2.19. The van der Waals surface area contributed by atoms with Crippen LogP contribution in [-0.2, 0) is 12.8 Å². The molecule has 0 fully saturated rings. The van der Waals surface area contributed by atoms with Crippen LogP contribution in [-0.4, -0.2) is 17.6 Å². The maximum Gasteiger partial charge on any atom is 0.0621 e. The Morgan fingerprint density at radius 2 is 2.15 bits per heavy atom. The molecule has 4 heteroatoms. The number of aromatic nitrogens is 1. The number of hydrogen-bond acceptors (Lipinski definition) is 2. The molecule has 2 rings (SSSR count). The first kappa shape index (κ1) is 15.5. The second-order valence-electron chi connectivity index (χ2n) is 4.76. The molecule has 1 aromatic heterocycles. The van der Waals surface area contributed by atoms with Gasteiger partial charge in [0.15, 0.2) is 0 Å². The topological polar surface area (TPSA) is 24.9 Å². The molecule has 0 bridgehead atoms. The van der Waals surface area contributed by atoms with E-state index in [1.807, 2.05) is 12.1 Å². The van der Waals surface area contributed by atoms with E-state index in [-0.39, 0.29) is 0 Å². The standard InChI is InChI=1S/C16H18BrClN2/c1-2-20-15(9-12-4-3-5-14(17)8-12)10-13-6-7-19-11-16(13)18/h3-8,11,15,20H,2,9-10H2,1H3. The maximum atomic E-state index is 6.20. The number of halogens is 2. The number of nitrogens with one attached hydrogen (secondary N) is 1. The predicted octanol–water partition coefficient (Wildman–Crippen LogP) is 4.26. The van der Waals surface area contributed by atoms with Gasteiger partial charge in [0.25, 0.3) is 0 Å². The van der Waals surface area contributed by atoms with Crippen molar-refractivity contribution in [3.8, 4) is 0 Å². The second kappa shape index (κ2) is 7.77. The fourth-order valence-electron chi connectivity index (χ4n) is 2.29. The molecular weight excluding hydrogens is 336 g/mol. The highest BCUT2D eigenvalue weighted by molar-refractivity contribution is 9.10. The van der Waals surface area contributed by atoms with Gasteiger partial charge in [-0.05, 0) is 48.7 Å². The number of rotatable bonds is 6. The quantitative estimate of drug-likeness (QED) is 0.839. The number of pyridine rings is 1. The Morgan fingerprint density at radius 3 is 2.85 bits per heavy atom. The molecule has 0 saturated carbocycles. The SMILES string of the molecule is CCNC(Cc1cccc(Br)c1)Cc1ccncc1Cl. The molecular formula is C16H18BrClN2. The number of nitrogens with zero attached hydrogens (tertiary/aromatic N) is 1. The summed E-state index contributed by atoms with van der Waals surface area (Å²) in [4.78, 5) is 4.04. The van der Waals surface area contributed by atoms with Crippen LogP contribution < -0.4 is 5.32 Å². The first-order valence-electron chi connectivity index (χ1n) is 6.75. The molecule has 0 aliphatic heterocycles. The zero-order valence-electron chi connectivity index (χ0n) is 11.4. The van der Waals surface area contributed by atoms with Crippen molar-refractivity contribution in [3.05, 3.63) is 63.3 Å². The molecule has 0 saturated heterocycles. The van der Waals surface area contributed by atoms with Crippen LogP contribution in [0.1, 0.15) is 18.1 Å². The van der Waals surface area contributed by atoms with E-state index in [2.05, 4.69) is 51.4 Å². The van der Waals surface area contributed by atoms with Crippen LogP contribution in [0.15, 0.2) is 47.2 Å². The van der Waals surface area contributed by atoms with Crippen LogP contribution in [0, 0.1) is 0 Å². The van der Waals surface area contributed by atoms with Crippen LogP contribution in [0.5, 0.6) is 0 Å². The number of benzene rings is 1. The van der Waals surface area contributed by atoms with Gasteiger partial charge in [-0.15, -0.1) is 0 Å². The highest BCUT2D eigenvalue weighted by Crippen LogP contribution is 2.18. The van der Waals surface area contributed by atoms with E-state index in [9.17, 15) is 0 Å². The monoisotopic (exact) mass is 352 g/mol. The number of hydrogen-bond donors (Lipinski definition) is 1. The molecule has 1 unspecified atom stereocenters. The van der Waals surface area contributed by atoms with Crippen molar-refractivity contribution in [3.63, 3.8) is 0 Å². The van der Waals surface area contributed by atoms with E-state index in [1.54, 1.807) is 12.4 Å². The van der Waals surface area contributed by atoms with Gasteiger partial charge < -0.3 is 5.32 Å². The Hall–Kier alpha value is -0.900. The van der Waals surface area contributed by atoms with E-state index in [1.165, 1.54) is 5.56 Å². The summed E-state index contributed by atoms with van der Waals surface area (Å²) in [5, 5.41) is 4.27. The van der Waals surface area contributed by atoms with Crippen LogP contribution in [0.3, 0.4) is 0 Å². The van der Waals surface area contributed by atoms with Crippen molar-refractivity contribution in [2.45, 2.75) is 25.8 Å². The lowest BCUT2D eigenvalue weighted by atomic mass is 9.99. The molecule has 0 amide bonds. The summed E-state index contributed by atoms with van der Waals surface area (Å²) < 4.78 is 1.12. The van der Waals surface area contributed by atoms with Gasteiger partial charge in [0.1, 0.15) is 0 Å². The highest BCUT2D eigenvalue weighted by Gasteiger charge is 2.11. The summed E-state index contributed by atoms with van der Waals surface area (Å²) in [6.45, 7) is 3.07. The lowest BCUT2D eigenvalue weighted by Crippen LogP contribution is -2.33. The average Bonchev–Trinajstić information content (AvgIpc) is 2.42. The summed E-state index contributed by atoms with van der Waals surface area (Å²) >= 11 is 9.72. The van der Waals surface area contributed by atoms with Gasteiger partial charge in [0.05, 0.1) is 5.02 Å². The third-order valence-electron chi connectivity index (χ3n) is 3.19. The largest absolute Gasteiger partial charge is 0.314 e. The predicted molar refractivity (Wildman–Crippen MR) is 88.3 cm³/mol. The smallest absolute Gasteiger partial charge is 0.0621 e. The fraction of sp³-hybridized carbons (Fsp3) is 0.312. The van der Waals surface area contributed by atoms with Gasteiger partial charge in [0.2, 0.25) is 0 Å². The summed E-state index contributed by atoms with van der Waals surface area (Å²) in [7, 11) is 0. The van der Waals surface area contributed by atoms with E-state index in [0.29, 0.717) is 6.04 Å². The van der Waals surface area contributed by atoms with Gasteiger partial charge >= 0.3 is 0 Å². The van der Waals surface area contributed by atoms with E-state index < -0.39 is 0 Å². The molecule has 0 radical (unpaired) electrons. The van der Waals surface area contributed by atoms with Crippen molar-refractivity contribution >= 4 is 27.5 Å². The van der Waals surface area contributed by atoms with E-state index in [4.69, 9.17) is 11.6 Å². The van der Waals surface area contributed by atoms with Gasteiger partial charge in [-0.25, -0.2) is 0 Å². The minimum atomic E-state index is 0.370. The molecule has 1 aromatic carbocycles. The summed E-state index contributed by atoms with van der Waals surface area (Å²) in [5.74, 6) is 0. The Labute approximate surface area is 133 Å². The van der Waals surface area contributed by atoms with Crippen molar-refractivity contribution < 1.29 is 0 Å². The normalized spacial score (nSPS) is 12.3. The third-order valence-corrected chi connectivity index (χ3v) is 4.02. The molecule has 0 aliphatic rings. The summed E-state index contributed by atoms with van der Waals surface area (Å²) in [6, 6.07) is 10.8. The van der Waals surface area contributed by atoms with Crippen molar-refractivity contribution in [2.75, 3.05) is 6.54 Å². The lowest BCUT2D eigenvalue weighted by molar-refractivity contribution is 0.521. The molecule has 2 aromatic rings. The zero-order valence-corrected chi connectivity index (χ0v) is 13.8. The molecule has 1 atom stereocenters. The third kappa shape index (κ3) is 4.58. The van der Waals surface area contributed by atoms with Gasteiger partial charge in [-0.3, -0.25) is 4.98 Å². The average molecular weight is 354 g/mol. The fourth-order valence-corrected chi connectivity index (χ4v) is 2.93. The van der Waals surface area contributed by atoms with Crippen LogP contribution >= 0.6 is 27.5 Å². The summed E-state index contributed by atoms with van der Waals surface area (Å²) in [5.41, 5.74) is 2.46. The first-order chi connectivity index (χ1) is 9.69.